The molecule has 7 heteroatoms. The number of rotatable bonds is 10. The number of aliphatic hydroxyl groups excluding tert-OH is 1. The summed E-state index contributed by atoms with van der Waals surface area (Å²) in [6, 6.07) is 14.9. The standard InChI is InChI=1S/C22H25N3O4/c1-28-20-8-7-16(11-21(20)29-2)9-10-25-22(27)19(12-23)14-24-13-17-3-5-18(15-26)6-4-17/h3-8,11,14,24,26H,9-10,13,15H2,1-2H3,(H,25,27)/b19-14-. The van der Waals surface area contributed by atoms with Crippen LogP contribution in [0.2, 0.25) is 0 Å². The van der Waals surface area contributed by atoms with Crippen LogP contribution in [0.15, 0.2) is 54.2 Å². The van der Waals surface area contributed by atoms with Gasteiger partial charge in [0, 0.05) is 19.3 Å². The summed E-state index contributed by atoms with van der Waals surface area (Å²) in [7, 11) is 3.15. The second-order valence-corrected chi connectivity index (χ2v) is 6.22. The van der Waals surface area contributed by atoms with E-state index in [4.69, 9.17) is 14.6 Å². The van der Waals surface area contributed by atoms with Crippen molar-refractivity contribution in [1.82, 2.24) is 10.6 Å². The number of nitriles is 1. The summed E-state index contributed by atoms with van der Waals surface area (Å²) < 4.78 is 10.5. The zero-order valence-electron chi connectivity index (χ0n) is 16.6. The highest BCUT2D eigenvalue weighted by Gasteiger charge is 2.09. The fraction of sp³-hybridized carbons (Fsp3) is 0.273. The zero-order valence-corrected chi connectivity index (χ0v) is 16.6. The maximum atomic E-state index is 12.2. The van der Waals surface area contributed by atoms with Crippen molar-refractivity contribution < 1.29 is 19.4 Å². The molecule has 2 rings (SSSR count). The Morgan fingerprint density at radius 1 is 1.07 bits per heavy atom. The predicted molar refractivity (Wildman–Crippen MR) is 109 cm³/mol. The smallest absolute Gasteiger partial charge is 0.263 e. The number of carbonyl (C=O) groups is 1. The van der Waals surface area contributed by atoms with Crippen molar-refractivity contribution in [3.8, 4) is 17.6 Å². The minimum atomic E-state index is -0.434. The van der Waals surface area contributed by atoms with E-state index in [1.54, 1.807) is 14.2 Å². The van der Waals surface area contributed by atoms with Crippen LogP contribution in [0.3, 0.4) is 0 Å². The van der Waals surface area contributed by atoms with Crippen LogP contribution in [0, 0.1) is 11.3 Å². The molecule has 0 atom stereocenters. The predicted octanol–water partition coefficient (Wildman–Crippen LogP) is 2.05. The van der Waals surface area contributed by atoms with Crippen molar-refractivity contribution in [2.75, 3.05) is 20.8 Å². The first kappa shape index (κ1) is 21.8. The maximum absolute atomic E-state index is 12.2. The van der Waals surface area contributed by atoms with E-state index in [9.17, 15) is 10.1 Å². The molecule has 0 aliphatic carbocycles. The molecule has 0 aliphatic rings. The van der Waals surface area contributed by atoms with Gasteiger partial charge in [-0.15, -0.1) is 0 Å². The zero-order chi connectivity index (χ0) is 21.1. The molecule has 2 aromatic rings. The molecular weight excluding hydrogens is 370 g/mol. The van der Waals surface area contributed by atoms with Gasteiger partial charge in [0.05, 0.1) is 20.8 Å². The number of hydrogen-bond donors (Lipinski definition) is 3. The number of benzene rings is 2. The van der Waals surface area contributed by atoms with E-state index in [-0.39, 0.29) is 12.2 Å². The van der Waals surface area contributed by atoms with Gasteiger partial charge in [0.2, 0.25) is 0 Å². The molecule has 3 N–H and O–H groups in total. The molecule has 0 fully saturated rings. The van der Waals surface area contributed by atoms with Gasteiger partial charge in [-0.2, -0.15) is 5.26 Å². The van der Waals surface area contributed by atoms with Gasteiger partial charge in [-0.3, -0.25) is 4.79 Å². The lowest BCUT2D eigenvalue weighted by Crippen LogP contribution is -2.27. The molecule has 0 unspecified atom stereocenters. The summed E-state index contributed by atoms with van der Waals surface area (Å²) >= 11 is 0. The Balaban J connectivity index is 1.84. The molecule has 0 radical (unpaired) electrons. The topological polar surface area (TPSA) is 104 Å². The minimum Gasteiger partial charge on any atom is -0.493 e. The van der Waals surface area contributed by atoms with Crippen LogP contribution >= 0.6 is 0 Å². The van der Waals surface area contributed by atoms with Crippen LogP contribution in [0.5, 0.6) is 11.5 Å². The quantitative estimate of drug-likeness (QED) is 0.420. The van der Waals surface area contributed by atoms with E-state index >= 15 is 0 Å². The van der Waals surface area contributed by atoms with E-state index < -0.39 is 5.91 Å². The lowest BCUT2D eigenvalue weighted by Gasteiger charge is -2.10. The minimum absolute atomic E-state index is 0.00397. The van der Waals surface area contributed by atoms with E-state index in [1.165, 1.54) is 6.20 Å². The Morgan fingerprint density at radius 2 is 1.72 bits per heavy atom. The van der Waals surface area contributed by atoms with Crippen LogP contribution in [-0.2, 0) is 24.4 Å². The third-order valence-corrected chi connectivity index (χ3v) is 4.27. The van der Waals surface area contributed by atoms with Gasteiger partial charge in [-0.05, 0) is 35.2 Å². The number of hydrogen-bond acceptors (Lipinski definition) is 6. The van der Waals surface area contributed by atoms with Crippen molar-refractivity contribution >= 4 is 5.91 Å². The van der Waals surface area contributed by atoms with Crippen molar-refractivity contribution in [3.05, 3.63) is 70.9 Å². The normalized spacial score (nSPS) is 10.8. The Bertz CT molecular complexity index is 886. The first-order chi connectivity index (χ1) is 14.1. The van der Waals surface area contributed by atoms with Crippen LogP contribution in [0.1, 0.15) is 16.7 Å². The van der Waals surface area contributed by atoms with E-state index in [2.05, 4.69) is 10.6 Å². The Hall–Kier alpha value is -3.50. The van der Waals surface area contributed by atoms with Gasteiger partial charge < -0.3 is 25.2 Å². The Morgan fingerprint density at radius 3 is 2.34 bits per heavy atom. The average molecular weight is 395 g/mol. The number of ether oxygens (including phenoxy) is 2. The number of aliphatic hydroxyl groups is 1. The van der Waals surface area contributed by atoms with E-state index in [0.29, 0.717) is 31.0 Å². The first-order valence-electron chi connectivity index (χ1n) is 9.12. The molecule has 0 aromatic heterocycles. The molecule has 0 aliphatic heterocycles. The van der Waals surface area contributed by atoms with Gasteiger partial charge in [-0.1, -0.05) is 30.3 Å². The molecule has 1 amide bonds. The molecule has 152 valence electrons. The van der Waals surface area contributed by atoms with E-state index in [0.717, 1.165) is 16.7 Å². The SMILES string of the molecule is COc1ccc(CCNC(=O)/C(C#N)=C\NCc2ccc(CO)cc2)cc1OC. The van der Waals surface area contributed by atoms with Crippen molar-refractivity contribution in [2.45, 2.75) is 19.6 Å². The Labute approximate surface area is 170 Å². The summed E-state index contributed by atoms with van der Waals surface area (Å²) in [5.41, 5.74) is 2.79. The molecular formula is C22H25N3O4. The Kier molecular flexibility index (Phi) is 8.54. The van der Waals surface area contributed by atoms with Crippen LogP contribution < -0.4 is 20.1 Å². The van der Waals surface area contributed by atoms with Crippen LogP contribution in [0.4, 0.5) is 0 Å². The molecule has 7 nitrogen and oxygen atoms in total. The second-order valence-electron chi connectivity index (χ2n) is 6.22. The lowest BCUT2D eigenvalue weighted by molar-refractivity contribution is -0.117. The molecule has 0 heterocycles. The first-order valence-corrected chi connectivity index (χ1v) is 9.12. The third kappa shape index (κ3) is 6.55. The summed E-state index contributed by atoms with van der Waals surface area (Å²) in [5.74, 6) is 0.841. The van der Waals surface area contributed by atoms with Crippen molar-refractivity contribution in [3.63, 3.8) is 0 Å². The maximum Gasteiger partial charge on any atom is 0.263 e. The number of nitrogens with one attached hydrogen (secondary N) is 2. The summed E-state index contributed by atoms with van der Waals surface area (Å²) in [6.07, 6.45) is 2.00. The number of nitrogens with zero attached hydrogens (tertiary/aromatic N) is 1. The number of methoxy groups -OCH3 is 2. The number of carbonyl (C=O) groups excluding carboxylic acids is 1. The highest BCUT2D eigenvalue weighted by Crippen LogP contribution is 2.27. The second kappa shape index (κ2) is 11.4. The molecule has 29 heavy (non-hydrogen) atoms. The van der Waals surface area contributed by atoms with E-state index in [1.807, 2.05) is 48.5 Å². The third-order valence-electron chi connectivity index (χ3n) is 4.27. The van der Waals surface area contributed by atoms with Gasteiger partial charge in [-0.25, -0.2) is 0 Å². The molecule has 0 saturated carbocycles. The highest BCUT2D eigenvalue weighted by molar-refractivity contribution is 5.97. The summed E-state index contributed by atoms with van der Waals surface area (Å²) in [6.45, 7) is 0.849. The number of amides is 1. The largest absolute Gasteiger partial charge is 0.493 e. The fourth-order valence-corrected chi connectivity index (χ4v) is 2.63. The van der Waals surface area contributed by atoms with Gasteiger partial charge >= 0.3 is 0 Å². The molecule has 0 saturated heterocycles. The average Bonchev–Trinajstić information content (AvgIpc) is 2.76. The lowest BCUT2D eigenvalue weighted by atomic mass is 10.1. The monoisotopic (exact) mass is 395 g/mol. The summed E-state index contributed by atoms with van der Waals surface area (Å²) in [4.78, 5) is 12.2. The van der Waals surface area contributed by atoms with Gasteiger partial charge in [0.1, 0.15) is 11.6 Å². The van der Waals surface area contributed by atoms with Crippen LogP contribution in [-0.4, -0.2) is 31.8 Å². The molecule has 0 spiro atoms. The van der Waals surface area contributed by atoms with Crippen molar-refractivity contribution in [2.24, 2.45) is 0 Å². The highest BCUT2D eigenvalue weighted by atomic mass is 16.5. The fourth-order valence-electron chi connectivity index (χ4n) is 2.63. The van der Waals surface area contributed by atoms with Gasteiger partial charge in [0.15, 0.2) is 11.5 Å². The van der Waals surface area contributed by atoms with Crippen LogP contribution in [0.25, 0.3) is 0 Å². The van der Waals surface area contributed by atoms with Gasteiger partial charge in [0.25, 0.3) is 5.91 Å². The van der Waals surface area contributed by atoms with Crippen molar-refractivity contribution in [1.29, 1.82) is 5.26 Å². The summed E-state index contributed by atoms with van der Waals surface area (Å²) in [5, 5.41) is 24.0. The molecule has 0 bridgehead atoms. The molecule has 2 aromatic carbocycles.